The van der Waals surface area contributed by atoms with Crippen LogP contribution in [0, 0.1) is 17.7 Å². The summed E-state index contributed by atoms with van der Waals surface area (Å²) in [6, 6.07) is 6.65. The third kappa shape index (κ3) is 3.49. The van der Waals surface area contributed by atoms with Crippen LogP contribution in [-0.4, -0.2) is 20.1 Å². The molecule has 1 aromatic carbocycles. The lowest BCUT2D eigenvalue weighted by molar-refractivity contribution is 0.397. The fourth-order valence-electron chi connectivity index (χ4n) is 1.73. The van der Waals surface area contributed by atoms with Crippen LogP contribution in [0.2, 0.25) is 0 Å². The van der Waals surface area contributed by atoms with E-state index >= 15 is 0 Å². The summed E-state index contributed by atoms with van der Waals surface area (Å²) >= 11 is 0. The van der Waals surface area contributed by atoms with Gasteiger partial charge in [0.05, 0.1) is 0 Å². The van der Waals surface area contributed by atoms with Gasteiger partial charge < -0.3 is 10.6 Å². The van der Waals surface area contributed by atoms with Gasteiger partial charge in [-0.15, -0.1) is 0 Å². The van der Waals surface area contributed by atoms with Crippen LogP contribution in [0.4, 0.5) is 10.1 Å². The maximum Gasteiger partial charge on any atom is 0.125 e. The normalized spacial score (nSPS) is 12.9. The van der Waals surface area contributed by atoms with E-state index in [4.69, 9.17) is 5.73 Å². The molecule has 1 aromatic rings. The molecule has 2 N–H and O–H groups in total. The lowest BCUT2D eigenvalue weighted by atomic mass is 9.95. The molecular formula is C13H21FN2. The van der Waals surface area contributed by atoms with Gasteiger partial charge in [-0.05, 0) is 36.6 Å². The summed E-state index contributed by atoms with van der Waals surface area (Å²) in [5.41, 5.74) is 6.63. The molecule has 3 heteroatoms. The fourth-order valence-corrected chi connectivity index (χ4v) is 1.73. The first kappa shape index (κ1) is 13.0. The number of hydrogen-bond donors (Lipinski definition) is 1. The van der Waals surface area contributed by atoms with E-state index in [1.807, 2.05) is 13.1 Å². The molecule has 0 spiro atoms. The van der Waals surface area contributed by atoms with Crippen LogP contribution < -0.4 is 10.6 Å². The lowest BCUT2D eigenvalue weighted by Crippen LogP contribution is -2.33. The maximum atomic E-state index is 13.1. The van der Waals surface area contributed by atoms with E-state index in [1.165, 1.54) is 6.07 Å². The first-order valence-electron chi connectivity index (χ1n) is 5.71. The van der Waals surface area contributed by atoms with E-state index in [9.17, 15) is 4.39 Å². The number of hydrogen-bond acceptors (Lipinski definition) is 2. The van der Waals surface area contributed by atoms with Gasteiger partial charge in [-0.2, -0.15) is 0 Å². The molecule has 0 aliphatic heterocycles. The number of nitrogens with two attached hydrogens (primary N) is 1. The number of nitrogens with zero attached hydrogens (tertiary/aromatic N) is 1. The SMILES string of the molecule is CC(C)C(CN)CN(C)c1cccc(F)c1. The summed E-state index contributed by atoms with van der Waals surface area (Å²) in [5.74, 6) is 0.785. The Labute approximate surface area is 97.3 Å². The topological polar surface area (TPSA) is 29.3 Å². The van der Waals surface area contributed by atoms with Crippen LogP contribution in [0.1, 0.15) is 13.8 Å². The zero-order valence-corrected chi connectivity index (χ0v) is 10.3. The molecule has 0 bridgehead atoms. The Balaban J connectivity index is 2.67. The molecule has 0 aromatic heterocycles. The van der Waals surface area contributed by atoms with E-state index in [-0.39, 0.29) is 5.82 Å². The van der Waals surface area contributed by atoms with E-state index in [0.29, 0.717) is 18.4 Å². The van der Waals surface area contributed by atoms with Crippen molar-refractivity contribution in [2.45, 2.75) is 13.8 Å². The molecule has 0 aliphatic carbocycles. The van der Waals surface area contributed by atoms with Gasteiger partial charge in [0.2, 0.25) is 0 Å². The minimum atomic E-state index is -0.196. The molecule has 0 heterocycles. The molecule has 1 atom stereocenters. The van der Waals surface area contributed by atoms with Crippen molar-refractivity contribution in [2.75, 3.05) is 25.0 Å². The molecular weight excluding hydrogens is 203 g/mol. The number of benzene rings is 1. The fraction of sp³-hybridized carbons (Fsp3) is 0.538. The third-order valence-corrected chi connectivity index (χ3v) is 3.00. The van der Waals surface area contributed by atoms with Crippen molar-refractivity contribution < 1.29 is 4.39 Å². The Morgan fingerprint density at radius 1 is 1.38 bits per heavy atom. The van der Waals surface area contributed by atoms with Crippen LogP contribution in [0.25, 0.3) is 0 Å². The molecule has 2 nitrogen and oxygen atoms in total. The highest BCUT2D eigenvalue weighted by molar-refractivity contribution is 5.45. The molecule has 1 unspecified atom stereocenters. The van der Waals surface area contributed by atoms with E-state index in [1.54, 1.807) is 12.1 Å². The maximum absolute atomic E-state index is 13.1. The molecule has 0 saturated carbocycles. The van der Waals surface area contributed by atoms with E-state index < -0.39 is 0 Å². The second-order valence-corrected chi connectivity index (χ2v) is 4.60. The lowest BCUT2D eigenvalue weighted by Gasteiger charge is -2.27. The zero-order chi connectivity index (χ0) is 12.1. The van der Waals surface area contributed by atoms with Crippen molar-refractivity contribution in [1.29, 1.82) is 0 Å². The molecule has 90 valence electrons. The molecule has 0 saturated heterocycles. The van der Waals surface area contributed by atoms with Crippen molar-refractivity contribution in [3.8, 4) is 0 Å². The third-order valence-electron chi connectivity index (χ3n) is 3.00. The Hall–Kier alpha value is -1.09. The van der Waals surface area contributed by atoms with Gasteiger partial charge in [-0.25, -0.2) is 4.39 Å². The van der Waals surface area contributed by atoms with Crippen molar-refractivity contribution in [3.05, 3.63) is 30.1 Å². The molecule has 0 aliphatic rings. The highest BCUT2D eigenvalue weighted by Gasteiger charge is 2.14. The monoisotopic (exact) mass is 224 g/mol. The summed E-state index contributed by atoms with van der Waals surface area (Å²) < 4.78 is 13.1. The van der Waals surface area contributed by atoms with Crippen LogP contribution in [-0.2, 0) is 0 Å². The highest BCUT2D eigenvalue weighted by atomic mass is 19.1. The van der Waals surface area contributed by atoms with Gasteiger partial charge in [-0.3, -0.25) is 0 Å². The van der Waals surface area contributed by atoms with E-state index in [2.05, 4.69) is 18.7 Å². The van der Waals surface area contributed by atoms with Gasteiger partial charge in [-0.1, -0.05) is 19.9 Å². The summed E-state index contributed by atoms with van der Waals surface area (Å²) in [6.45, 7) is 5.85. The van der Waals surface area contributed by atoms with Gasteiger partial charge in [0.15, 0.2) is 0 Å². The average Bonchev–Trinajstić information content (AvgIpc) is 2.25. The molecule has 1 rings (SSSR count). The smallest absolute Gasteiger partial charge is 0.125 e. The van der Waals surface area contributed by atoms with E-state index in [0.717, 1.165) is 12.2 Å². The number of anilines is 1. The minimum absolute atomic E-state index is 0.196. The van der Waals surface area contributed by atoms with Gasteiger partial charge in [0.25, 0.3) is 0 Å². The molecule has 0 fully saturated rings. The summed E-state index contributed by atoms with van der Waals surface area (Å²) in [4.78, 5) is 2.06. The quantitative estimate of drug-likeness (QED) is 0.832. The van der Waals surface area contributed by atoms with Gasteiger partial charge in [0, 0.05) is 19.3 Å². The van der Waals surface area contributed by atoms with Crippen molar-refractivity contribution in [1.82, 2.24) is 0 Å². The van der Waals surface area contributed by atoms with Gasteiger partial charge in [0.1, 0.15) is 5.82 Å². The predicted octanol–water partition coefficient (Wildman–Crippen LogP) is 2.49. The Bertz CT molecular complexity index is 325. The van der Waals surface area contributed by atoms with Crippen molar-refractivity contribution in [2.24, 2.45) is 17.6 Å². The largest absolute Gasteiger partial charge is 0.374 e. The number of halogens is 1. The van der Waals surface area contributed by atoms with Crippen LogP contribution in [0.5, 0.6) is 0 Å². The predicted molar refractivity (Wildman–Crippen MR) is 67.1 cm³/mol. The van der Waals surface area contributed by atoms with Crippen LogP contribution in [0.15, 0.2) is 24.3 Å². The standard InChI is InChI=1S/C13H21FN2/c1-10(2)11(8-15)9-16(3)13-6-4-5-12(14)7-13/h4-7,10-11H,8-9,15H2,1-3H3. The Morgan fingerprint density at radius 3 is 2.56 bits per heavy atom. The first-order chi connectivity index (χ1) is 7.54. The molecule has 0 amide bonds. The Morgan fingerprint density at radius 2 is 2.06 bits per heavy atom. The van der Waals surface area contributed by atoms with Crippen LogP contribution >= 0.6 is 0 Å². The van der Waals surface area contributed by atoms with Crippen molar-refractivity contribution in [3.63, 3.8) is 0 Å². The second kappa shape index (κ2) is 5.85. The highest BCUT2D eigenvalue weighted by Crippen LogP contribution is 2.18. The molecule has 16 heavy (non-hydrogen) atoms. The average molecular weight is 224 g/mol. The van der Waals surface area contributed by atoms with Crippen LogP contribution in [0.3, 0.4) is 0 Å². The van der Waals surface area contributed by atoms with Crippen molar-refractivity contribution >= 4 is 5.69 Å². The summed E-state index contributed by atoms with van der Waals surface area (Å²) in [7, 11) is 1.97. The first-order valence-corrected chi connectivity index (χ1v) is 5.71. The summed E-state index contributed by atoms with van der Waals surface area (Å²) in [6.07, 6.45) is 0. The van der Waals surface area contributed by atoms with Gasteiger partial charge >= 0.3 is 0 Å². The zero-order valence-electron chi connectivity index (χ0n) is 10.3. The number of rotatable bonds is 5. The second-order valence-electron chi connectivity index (χ2n) is 4.60. The molecule has 0 radical (unpaired) electrons. The summed E-state index contributed by atoms with van der Waals surface area (Å²) in [5, 5.41) is 0. The minimum Gasteiger partial charge on any atom is -0.374 e. The Kier molecular flexibility index (Phi) is 4.74.